The first-order chi connectivity index (χ1) is 10.2. The van der Waals surface area contributed by atoms with Gasteiger partial charge < -0.3 is 14.6 Å². The van der Waals surface area contributed by atoms with E-state index < -0.39 is 11.7 Å². The van der Waals surface area contributed by atoms with Gasteiger partial charge in [-0.3, -0.25) is 10.1 Å². The van der Waals surface area contributed by atoms with Crippen molar-refractivity contribution < 1.29 is 13.9 Å². The molecule has 2 heterocycles. The van der Waals surface area contributed by atoms with Crippen molar-refractivity contribution in [2.24, 2.45) is 0 Å². The summed E-state index contributed by atoms with van der Waals surface area (Å²) in [5.41, 5.74) is 0.920. The summed E-state index contributed by atoms with van der Waals surface area (Å²) >= 11 is 0. The van der Waals surface area contributed by atoms with Crippen molar-refractivity contribution in [3.05, 3.63) is 41.5 Å². The first kappa shape index (κ1) is 13.6. The Morgan fingerprint density at radius 3 is 3.19 bits per heavy atom. The van der Waals surface area contributed by atoms with E-state index in [1.165, 1.54) is 19.2 Å². The summed E-state index contributed by atoms with van der Waals surface area (Å²) in [6, 6.07) is 4.45. The van der Waals surface area contributed by atoms with Crippen molar-refractivity contribution in [1.82, 2.24) is 14.9 Å². The number of benzene rings is 1. The van der Waals surface area contributed by atoms with Gasteiger partial charge in [0.25, 0.3) is 5.91 Å². The quantitative estimate of drug-likeness (QED) is 0.896. The molecule has 1 aromatic carbocycles. The van der Waals surface area contributed by atoms with Gasteiger partial charge in [-0.15, -0.1) is 0 Å². The molecule has 21 heavy (non-hydrogen) atoms. The molecule has 0 aliphatic carbocycles. The van der Waals surface area contributed by atoms with Crippen LogP contribution in [0, 0.1) is 5.82 Å². The summed E-state index contributed by atoms with van der Waals surface area (Å²) in [6.07, 6.45) is 1.70. The minimum atomic E-state index is -0.676. The molecule has 0 atom stereocenters. The standard InChI is InChI=1S/C14H15FN4O2/c1-21-11-4-2-3-10(12(11)15)13(20)18-14-17-8-9-7-16-5-6-19(9)14/h2-4,8,16H,5-7H2,1H3,(H,17,18,20). The van der Waals surface area contributed by atoms with Crippen molar-refractivity contribution in [3.8, 4) is 5.75 Å². The van der Waals surface area contributed by atoms with Gasteiger partial charge in [0.15, 0.2) is 11.6 Å². The van der Waals surface area contributed by atoms with Gasteiger partial charge in [-0.25, -0.2) is 9.37 Å². The normalized spacial score (nSPS) is 13.6. The second kappa shape index (κ2) is 5.53. The molecule has 0 fully saturated rings. The molecule has 2 N–H and O–H groups in total. The molecule has 0 bridgehead atoms. The minimum absolute atomic E-state index is 0.0389. The summed E-state index contributed by atoms with van der Waals surface area (Å²) in [4.78, 5) is 16.4. The highest BCUT2D eigenvalue weighted by molar-refractivity contribution is 6.03. The second-order valence-corrected chi connectivity index (χ2v) is 4.68. The van der Waals surface area contributed by atoms with Crippen LogP contribution in [0.3, 0.4) is 0 Å². The fraction of sp³-hybridized carbons (Fsp3) is 0.286. The van der Waals surface area contributed by atoms with E-state index in [9.17, 15) is 9.18 Å². The highest BCUT2D eigenvalue weighted by Crippen LogP contribution is 2.21. The molecule has 0 spiro atoms. The number of nitrogens with zero attached hydrogens (tertiary/aromatic N) is 2. The van der Waals surface area contributed by atoms with Crippen LogP contribution in [-0.4, -0.2) is 29.1 Å². The van der Waals surface area contributed by atoms with Gasteiger partial charge in [0.1, 0.15) is 0 Å². The minimum Gasteiger partial charge on any atom is -0.494 e. The van der Waals surface area contributed by atoms with E-state index >= 15 is 0 Å². The molecular weight excluding hydrogens is 275 g/mol. The molecule has 2 aromatic rings. The number of anilines is 1. The number of hydrogen-bond acceptors (Lipinski definition) is 4. The maximum Gasteiger partial charge on any atom is 0.261 e. The lowest BCUT2D eigenvalue weighted by molar-refractivity contribution is 0.102. The van der Waals surface area contributed by atoms with Gasteiger partial charge in [-0.2, -0.15) is 0 Å². The predicted octanol–water partition coefficient (Wildman–Crippen LogP) is 1.39. The first-order valence-corrected chi connectivity index (χ1v) is 6.59. The fourth-order valence-electron chi connectivity index (χ4n) is 2.32. The van der Waals surface area contributed by atoms with Gasteiger partial charge in [0.05, 0.1) is 24.6 Å². The van der Waals surface area contributed by atoms with Crippen LogP contribution in [0.1, 0.15) is 16.1 Å². The fourth-order valence-corrected chi connectivity index (χ4v) is 2.32. The molecule has 3 rings (SSSR count). The van der Waals surface area contributed by atoms with Gasteiger partial charge >= 0.3 is 0 Å². The number of imidazole rings is 1. The Morgan fingerprint density at radius 1 is 1.52 bits per heavy atom. The van der Waals surface area contributed by atoms with Gasteiger partial charge in [0.2, 0.25) is 5.95 Å². The molecule has 0 unspecified atom stereocenters. The van der Waals surface area contributed by atoms with Crippen LogP contribution in [-0.2, 0) is 13.1 Å². The SMILES string of the molecule is COc1cccc(C(=O)Nc2ncc3n2CCNC3)c1F. The lowest BCUT2D eigenvalue weighted by Gasteiger charge is -2.17. The Morgan fingerprint density at radius 2 is 2.38 bits per heavy atom. The number of fused-ring (bicyclic) bond motifs is 1. The zero-order valence-electron chi connectivity index (χ0n) is 11.5. The maximum atomic E-state index is 14.1. The highest BCUT2D eigenvalue weighted by Gasteiger charge is 2.19. The Balaban J connectivity index is 1.85. The summed E-state index contributed by atoms with van der Waals surface area (Å²) in [5, 5.41) is 5.86. The molecule has 110 valence electrons. The number of amides is 1. The largest absolute Gasteiger partial charge is 0.494 e. The lowest BCUT2D eigenvalue weighted by atomic mass is 10.2. The van der Waals surface area contributed by atoms with Gasteiger partial charge in [0, 0.05) is 19.6 Å². The Bertz CT molecular complexity index is 684. The van der Waals surface area contributed by atoms with Gasteiger partial charge in [-0.1, -0.05) is 6.07 Å². The number of rotatable bonds is 3. The Kier molecular flexibility index (Phi) is 3.57. The van der Waals surface area contributed by atoms with E-state index in [2.05, 4.69) is 15.6 Å². The lowest BCUT2D eigenvalue weighted by Crippen LogP contribution is -2.29. The van der Waals surface area contributed by atoms with Gasteiger partial charge in [-0.05, 0) is 12.1 Å². The number of hydrogen-bond donors (Lipinski definition) is 2. The van der Waals surface area contributed by atoms with Crippen LogP contribution in [0.15, 0.2) is 24.4 Å². The Hall–Kier alpha value is -2.41. The number of aromatic nitrogens is 2. The number of methoxy groups -OCH3 is 1. The third-order valence-electron chi connectivity index (χ3n) is 3.41. The molecular formula is C14H15FN4O2. The second-order valence-electron chi connectivity index (χ2n) is 4.68. The third-order valence-corrected chi connectivity index (χ3v) is 3.41. The number of halogens is 1. The Labute approximate surface area is 120 Å². The van der Waals surface area contributed by atoms with Crippen molar-refractivity contribution in [2.45, 2.75) is 13.1 Å². The summed E-state index contributed by atoms with van der Waals surface area (Å²) in [5.74, 6) is -0.751. The van der Waals surface area contributed by atoms with Crippen LogP contribution >= 0.6 is 0 Å². The van der Waals surface area contributed by atoms with Crippen LogP contribution in [0.2, 0.25) is 0 Å². The molecule has 0 saturated heterocycles. The van der Waals surface area contributed by atoms with Crippen LogP contribution in [0.25, 0.3) is 0 Å². The van der Waals surface area contributed by atoms with Crippen LogP contribution < -0.4 is 15.4 Å². The van der Waals surface area contributed by atoms with E-state index in [0.29, 0.717) is 19.0 Å². The zero-order chi connectivity index (χ0) is 14.8. The van der Waals surface area contributed by atoms with Crippen molar-refractivity contribution in [1.29, 1.82) is 0 Å². The number of carbonyl (C=O) groups excluding carboxylic acids is 1. The molecule has 1 amide bonds. The predicted molar refractivity (Wildman–Crippen MR) is 74.8 cm³/mol. The highest BCUT2D eigenvalue weighted by atomic mass is 19.1. The number of carbonyl (C=O) groups is 1. The van der Waals surface area contributed by atoms with Crippen molar-refractivity contribution >= 4 is 11.9 Å². The number of ether oxygens (including phenoxy) is 1. The van der Waals surface area contributed by atoms with Crippen molar-refractivity contribution in [2.75, 3.05) is 19.0 Å². The summed E-state index contributed by atoms with van der Waals surface area (Å²) < 4.78 is 20.9. The molecule has 1 aromatic heterocycles. The number of nitrogens with one attached hydrogen (secondary N) is 2. The maximum absolute atomic E-state index is 14.1. The molecule has 1 aliphatic heterocycles. The monoisotopic (exact) mass is 290 g/mol. The van der Waals surface area contributed by atoms with E-state index in [1.54, 1.807) is 12.3 Å². The summed E-state index contributed by atoms with van der Waals surface area (Å²) in [6.45, 7) is 2.22. The average Bonchev–Trinajstić information content (AvgIpc) is 2.91. The molecule has 0 saturated carbocycles. The smallest absolute Gasteiger partial charge is 0.261 e. The zero-order valence-corrected chi connectivity index (χ0v) is 11.5. The van der Waals surface area contributed by atoms with E-state index in [-0.39, 0.29) is 11.3 Å². The van der Waals surface area contributed by atoms with E-state index in [4.69, 9.17) is 4.74 Å². The molecule has 0 radical (unpaired) electrons. The van der Waals surface area contributed by atoms with E-state index in [0.717, 1.165) is 12.2 Å². The summed E-state index contributed by atoms with van der Waals surface area (Å²) in [7, 11) is 1.36. The van der Waals surface area contributed by atoms with Crippen LogP contribution in [0.5, 0.6) is 5.75 Å². The topological polar surface area (TPSA) is 68.2 Å². The molecule has 6 nitrogen and oxygen atoms in total. The van der Waals surface area contributed by atoms with Crippen LogP contribution in [0.4, 0.5) is 10.3 Å². The molecule has 7 heteroatoms. The van der Waals surface area contributed by atoms with Crippen molar-refractivity contribution in [3.63, 3.8) is 0 Å². The third kappa shape index (κ3) is 2.47. The van der Waals surface area contributed by atoms with E-state index in [1.807, 2.05) is 4.57 Å². The average molecular weight is 290 g/mol. The first-order valence-electron chi connectivity index (χ1n) is 6.59. The molecule has 1 aliphatic rings.